The highest BCUT2D eigenvalue weighted by atomic mass is 16.3. The molecule has 5 heteroatoms. The first kappa shape index (κ1) is 20.4. The summed E-state index contributed by atoms with van der Waals surface area (Å²) < 4.78 is 0. The highest BCUT2D eigenvalue weighted by Gasteiger charge is 2.18. The third-order valence-corrected chi connectivity index (χ3v) is 6.07. The predicted molar refractivity (Wildman–Crippen MR) is 123 cm³/mol. The van der Waals surface area contributed by atoms with Gasteiger partial charge in [-0.25, -0.2) is 9.97 Å². The first-order valence-corrected chi connectivity index (χ1v) is 10.8. The van der Waals surface area contributed by atoms with Crippen LogP contribution in [0.25, 0.3) is 22.5 Å². The summed E-state index contributed by atoms with van der Waals surface area (Å²) >= 11 is 0. The van der Waals surface area contributed by atoms with Crippen LogP contribution in [0.2, 0.25) is 0 Å². The number of aromatic nitrogens is 2. The third-order valence-electron chi connectivity index (χ3n) is 6.07. The Morgan fingerprint density at radius 3 is 2.43 bits per heavy atom. The fraction of sp³-hybridized carbons (Fsp3) is 0.360. The van der Waals surface area contributed by atoms with E-state index in [-0.39, 0.29) is 0 Å². The Balaban J connectivity index is 1.52. The molecule has 0 atom stereocenters. The van der Waals surface area contributed by atoms with Crippen molar-refractivity contribution in [3.05, 3.63) is 59.9 Å². The largest absolute Gasteiger partial charge is 0.508 e. The minimum absolute atomic E-state index is 0.298. The number of hydrogen-bond acceptors (Lipinski definition) is 5. The van der Waals surface area contributed by atoms with Gasteiger partial charge in [-0.15, -0.1) is 0 Å². The summed E-state index contributed by atoms with van der Waals surface area (Å²) in [5.74, 6) is 0.298. The van der Waals surface area contributed by atoms with Crippen LogP contribution in [0, 0.1) is 13.8 Å². The van der Waals surface area contributed by atoms with E-state index in [1.807, 2.05) is 25.1 Å². The Labute approximate surface area is 178 Å². The van der Waals surface area contributed by atoms with Crippen LogP contribution in [-0.2, 0) is 0 Å². The molecule has 5 nitrogen and oxygen atoms in total. The average molecular weight is 403 g/mol. The number of hydrogen-bond donors (Lipinski definition) is 2. The van der Waals surface area contributed by atoms with Crippen LogP contribution >= 0.6 is 0 Å². The summed E-state index contributed by atoms with van der Waals surface area (Å²) in [5.41, 5.74) is 7.05. The molecule has 2 heterocycles. The van der Waals surface area contributed by atoms with Crippen LogP contribution in [0.1, 0.15) is 30.9 Å². The first-order chi connectivity index (χ1) is 14.5. The van der Waals surface area contributed by atoms with Crippen molar-refractivity contribution in [3.8, 4) is 28.3 Å². The Kier molecular flexibility index (Phi) is 6.00. The van der Waals surface area contributed by atoms with Crippen molar-refractivity contribution in [2.45, 2.75) is 39.7 Å². The molecule has 1 fully saturated rings. The minimum Gasteiger partial charge on any atom is -0.508 e. The van der Waals surface area contributed by atoms with E-state index in [2.05, 4.69) is 52.2 Å². The molecular formula is C25H30N4O. The van der Waals surface area contributed by atoms with Crippen molar-refractivity contribution < 1.29 is 5.11 Å². The maximum absolute atomic E-state index is 9.79. The molecule has 1 aliphatic heterocycles. The van der Waals surface area contributed by atoms with E-state index in [4.69, 9.17) is 0 Å². The van der Waals surface area contributed by atoms with Crippen LogP contribution in [-0.4, -0.2) is 45.7 Å². The van der Waals surface area contributed by atoms with E-state index >= 15 is 0 Å². The highest BCUT2D eigenvalue weighted by molar-refractivity contribution is 5.72. The van der Waals surface area contributed by atoms with Gasteiger partial charge < -0.3 is 15.3 Å². The number of nitrogens with zero attached hydrogens (tertiary/aromatic N) is 3. The van der Waals surface area contributed by atoms with Gasteiger partial charge in [0.25, 0.3) is 0 Å². The van der Waals surface area contributed by atoms with Gasteiger partial charge in [0.1, 0.15) is 12.1 Å². The Hall–Kier alpha value is -2.92. The highest BCUT2D eigenvalue weighted by Crippen LogP contribution is 2.29. The van der Waals surface area contributed by atoms with E-state index < -0.39 is 0 Å². The van der Waals surface area contributed by atoms with Crippen molar-refractivity contribution in [2.75, 3.05) is 25.0 Å². The quantitative estimate of drug-likeness (QED) is 0.627. The zero-order valence-corrected chi connectivity index (χ0v) is 18.0. The van der Waals surface area contributed by atoms with Crippen LogP contribution in [0.3, 0.4) is 0 Å². The van der Waals surface area contributed by atoms with Gasteiger partial charge in [-0.2, -0.15) is 0 Å². The molecule has 0 radical (unpaired) electrons. The number of phenolic OH excluding ortho intramolecular Hbond substituents is 1. The fourth-order valence-electron chi connectivity index (χ4n) is 4.15. The molecule has 0 bridgehead atoms. The van der Waals surface area contributed by atoms with Crippen molar-refractivity contribution in [3.63, 3.8) is 0 Å². The summed E-state index contributed by atoms with van der Waals surface area (Å²) in [6.45, 7) is 9.75. The maximum Gasteiger partial charge on any atom is 0.118 e. The number of nitrogens with one attached hydrogen (secondary N) is 1. The van der Waals surface area contributed by atoms with Crippen molar-refractivity contribution in [1.82, 2.24) is 14.9 Å². The molecule has 30 heavy (non-hydrogen) atoms. The molecule has 156 valence electrons. The second kappa shape index (κ2) is 8.84. The van der Waals surface area contributed by atoms with Gasteiger partial charge in [0, 0.05) is 35.9 Å². The molecular weight excluding hydrogens is 372 g/mol. The molecule has 0 spiro atoms. The van der Waals surface area contributed by atoms with E-state index in [1.54, 1.807) is 12.4 Å². The number of benzene rings is 2. The zero-order valence-electron chi connectivity index (χ0n) is 18.0. The van der Waals surface area contributed by atoms with Gasteiger partial charge in [0.05, 0.1) is 11.4 Å². The second-order valence-corrected chi connectivity index (χ2v) is 8.17. The van der Waals surface area contributed by atoms with Crippen molar-refractivity contribution >= 4 is 5.69 Å². The monoisotopic (exact) mass is 402 g/mol. The molecule has 1 aromatic heterocycles. The topological polar surface area (TPSA) is 61.3 Å². The molecule has 1 aliphatic rings. The van der Waals surface area contributed by atoms with Crippen LogP contribution in [0.15, 0.2) is 48.8 Å². The summed E-state index contributed by atoms with van der Waals surface area (Å²) in [7, 11) is 0. The van der Waals surface area contributed by atoms with Crippen LogP contribution < -0.4 is 5.32 Å². The van der Waals surface area contributed by atoms with Crippen LogP contribution in [0.4, 0.5) is 5.69 Å². The Bertz CT molecular complexity index is 1030. The van der Waals surface area contributed by atoms with Gasteiger partial charge in [0.2, 0.25) is 0 Å². The molecule has 0 aliphatic carbocycles. The number of likely N-dealkylation sites (tertiary alicyclic amines) is 1. The average Bonchev–Trinajstić information content (AvgIpc) is 2.76. The van der Waals surface area contributed by atoms with E-state index in [1.165, 1.54) is 37.2 Å². The molecule has 1 saturated heterocycles. The lowest BCUT2D eigenvalue weighted by atomic mass is 10.0. The van der Waals surface area contributed by atoms with Gasteiger partial charge in [0.15, 0.2) is 0 Å². The van der Waals surface area contributed by atoms with E-state index in [0.717, 1.165) is 34.6 Å². The molecule has 2 N–H and O–H groups in total. The summed E-state index contributed by atoms with van der Waals surface area (Å²) in [6, 6.07) is 14.6. The summed E-state index contributed by atoms with van der Waals surface area (Å²) in [6.07, 6.45) is 3.99. The summed E-state index contributed by atoms with van der Waals surface area (Å²) in [5, 5.41) is 13.5. The number of aryl methyl sites for hydroxylation is 2. The lowest BCUT2D eigenvalue weighted by molar-refractivity contribution is 0.229. The van der Waals surface area contributed by atoms with Gasteiger partial charge >= 0.3 is 0 Å². The zero-order chi connectivity index (χ0) is 21.1. The van der Waals surface area contributed by atoms with Gasteiger partial charge in [-0.3, -0.25) is 0 Å². The molecule has 4 rings (SSSR count). The fourth-order valence-corrected chi connectivity index (χ4v) is 4.15. The SMILES string of the molecule is CCN1CCC(Nc2ccc(-c3cc(-c4ccc(O)c(C)c4)ncn3)c(C)c2)CC1. The number of anilines is 1. The molecule has 2 aromatic carbocycles. The number of piperidine rings is 1. The molecule has 0 amide bonds. The van der Waals surface area contributed by atoms with Crippen molar-refractivity contribution in [2.24, 2.45) is 0 Å². The lowest BCUT2D eigenvalue weighted by Gasteiger charge is -2.32. The van der Waals surface area contributed by atoms with E-state index in [9.17, 15) is 5.11 Å². The normalized spacial score (nSPS) is 15.3. The number of aromatic hydroxyl groups is 1. The standard InChI is InChI=1S/C25H30N4O/c1-4-29-11-9-20(10-12-29)28-21-6-7-22(17(2)14-21)24-15-23(26-16-27-24)19-5-8-25(30)18(3)13-19/h5-8,13-16,20,28,30H,4,9-12H2,1-3H3. The van der Waals surface area contributed by atoms with E-state index in [0.29, 0.717) is 11.8 Å². The number of phenols is 1. The van der Waals surface area contributed by atoms with Gasteiger partial charge in [-0.1, -0.05) is 13.0 Å². The maximum atomic E-state index is 9.79. The van der Waals surface area contributed by atoms with Gasteiger partial charge in [-0.05, 0) is 80.8 Å². The lowest BCUT2D eigenvalue weighted by Crippen LogP contribution is -2.38. The predicted octanol–water partition coefficient (Wildman–Crippen LogP) is 5.03. The Morgan fingerprint density at radius 2 is 1.73 bits per heavy atom. The number of rotatable bonds is 5. The second-order valence-electron chi connectivity index (χ2n) is 8.17. The molecule has 0 unspecified atom stereocenters. The molecule has 3 aromatic rings. The smallest absolute Gasteiger partial charge is 0.118 e. The summed E-state index contributed by atoms with van der Waals surface area (Å²) in [4.78, 5) is 11.5. The third kappa shape index (κ3) is 4.46. The molecule has 0 saturated carbocycles. The first-order valence-electron chi connectivity index (χ1n) is 10.8. The van der Waals surface area contributed by atoms with Crippen molar-refractivity contribution in [1.29, 1.82) is 0 Å². The van der Waals surface area contributed by atoms with Crippen LogP contribution in [0.5, 0.6) is 5.75 Å². The minimum atomic E-state index is 0.298. The Morgan fingerprint density at radius 1 is 0.967 bits per heavy atom.